The summed E-state index contributed by atoms with van der Waals surface area (Å²) in [6.07, 6.45) is 1.47. The fourth-order valence-electron chi connectivity index (χ4n) is 1.66. The summed E-state index contributed by atoms with van der Waals surface area (Å²) >= 11 is 0. The van der Waals surface area contributed by atoms with Crippen molar-refractivity contribution < 1.29 is 13.9 Å². The molecular formula is C14H12FNO2. The standard InChI is InChI=1S/C14H12FNO2/c1-9-5-6-10(11(15)8-9)14(17)13-12(18-2)4-3-7-16-13/h3-8H,1-2H3. The normalized spacial score (nSPS) is 10.2. The van der Waals surface area contributed by atoms with Gasteiger partial charge in [-0.1, -0.05) is 6.07 Å². The van der Waals surface area contributed by atoms with Gasteiger partial charge in [-0.05, 0) is 36.8 Å². The van der Waals surface area contributed by atoms with Crippen molar-refractivity contribution in [1.82, 2.24) is 4.98 Å². The molecule has 0 spiro atoms. The lowest BCUT2D eigenvalue weighted by molar-refractivity contribution is 0.102. The third kappa shape index (κ3) is 2.22. The first-order valence-electron chi connectivity index (χ1n) is 5.43. The first kappa shape index (κ1) is 12.2. The van der Waals surface area contributed by atoms with Crippen LogP contribution in [0.15, 0.2) is 36.5 Å². The molecule has 2 aromatic rings. The van der Waals surface area contributed by atoms with E-state index < -0.39 is 11.6 Å². The largest absolute Gasteiger partial charge is 0.494 e. The molecule has 1 aromatic carbocycles. The number of hydrogen-bond acceptors (Lipinski definition) is 3. The Morgan fingerprint density at radius 1 is 1.33 bits per heavy atom. The van der Waals surface area contributed by atoms with Crippen LogP contribution in [-0.4, -0.2) is 17.9 Å². The Balaban J connectivity index is 2.48. The number of aryl methyl sites for hydroxylation is 1. The first-order chi connectivity index (χ1) is 8.63. The minimum atomic E-state index is -0.548. The molecule has 1 heterocycles. The van der Waals surface area contributed by atoms with Crippen molar-refractivity contribution in [2.75, 3.05) is 7.11 Å². The molecular weight excluding hydrogens is 233 g/mol. The first-order valence-corrected chi connectivity index (χ1v) is 5.43. The summed E-state index contributed by atoms with van der Waals surface area (Å²) in [6, 6.07) is 7.74. The lowest BCUT2D eigenvalue weighted by Gasteiger charge is -2.07. The van der Waals surface area contributed by atoms with Crippen molar-refractivity contribution in [2.24, 2.45) is 0 Å². The van der Waals surface area contributed by atoms with E-state index in [4.69, 9.17) is 4.74 Å². The molecule has 3 nitrogen and oxygen atoms in total. The van der Waals surface area contributed by atoms with Gasteiger partial charge >= 0.3 is 0 Å². The van der Waals surface area contributed by atoms with Crippen molar-refractivity contribution in [2.45, 2.75) is 6.92 Å². The van der Waals surface area contributed by atoms with E-state index in [1.54, 1.807) is 25.1 Å². The molecule has 0 saturated heterocycles. The number of rotatable bonds is 3. The molecule has 0 aliphatic heterocycles. The average Bonchev–Trinajstić information content (AvgIpc) is 2.38. The summed E-state index contributed by atoms with van der Waals surface area (Å²) in [5.74, 6) is -0.694. The van der Waals surface area contributed by atoms with Crippen LogP contribution in [0.3, 0.4) is 0 Å². The fraction of sp³-hybridized carbons (Fsp3) is 0.143. The molecule has 1 aromatic heterocycles. The van der Waals surface area contributed by atoms with Crippen LogP contribution in [0, 0.1) is 12.7 Å². The highest BCUT2D eigenvalue weighted by Gasteiger charge is 2.18. The lowest BCUT2D eigenvalue weighted by Crippen LogP contribution is -2.08. The van der Waals surface area contributed by atoms with E-state index in [1.165, 1.54) is 25.4 Å². The molecule has 0 saturated carbocycles. The Morgan fingerprint density at radius 3 is 2.78 bits per heavy atom. The summed E-state index contributed by atoms with van der Waals surface area (Å²) < 4.78 is 18.8. The van der Waals surface area contributed by atoms with E-state index in [0.29, 0.717) is 5.75 Å². The van der Waals surface area contributed by atoms with Gasteiger partial charge in [0.05, 0.1) is 12.7 Å². The van der Waals surface area contributed by atoms with Crippen LogP contribution in [0.25, 0.3) is 0 Å². The maximum absolute atomic E-state index is 13.7. The predicted octanol–water partition coefficient (Wildman–Crippen LogP) is 2.77. The fourth-order valence-corrected chi connectivity index (χ4v) is 1.66. The Morgan fingerprint density at radius 2 is 2.11 bits per heavy atom. The number of ether oxygens (including phenoxy) is 1. The van der Waals surface area contributed by atoms with Crippen LogP contribution in [0.5, 0.6) is 5.75 Å². The number of hydrogen-bond donors (Lipinski definition) is 0. The van der Waals surface area contributed by atoms with E-state index in [9.17, 15) is 9.18 Å². The number of benzene rings is 1. The van der Waals surface area contributed by atoms with Gasteiger partial charge in [0.1, 0.15) is 11.6 Å². The van der Waals surface area contributed by atoms with Crippen molar-refractivity contribution in [1.29, 1.82) is 0 Å². The molecule has 4 heteroatoms. The van der Waals surface area contributed by atoms with E-state index in [2.05, 4.69) is 4.98 Å². The lowest BCUT2D eigenvalue weighted by atomic mass is 10.0. The van der Waals surface area contributed by atoms with Gasteiger partial charge in [-0.3, -0.25) is 4.79 Å². The minimum Gasteiger partial charge on any atom is -0.494 e. The zero-order valence-electron chi connectivity index (χ0n) is 10.1. The molecule has 0 aliphatic carbocycles. The third-order valence-electron chi connectivity index (χ3n) is 2.57. The number of carbonyl (C=O) groups excluding carboxylic acids is 1. The van der Waals surface area contributed by atoms with E-state index in [1.807, 2.05) is 0 Å². The summed E-state index contributed by atoms with van der Waals surface area (Å²) in [4.78, 5) is 16.1. The van der Waals surface area contributed by atoms with Crippen molar-refractivity contribution in [3.05, 3.63) is 59.2 Å². The number of halogens is 1. The number of aromatic nitrogens is 1. The monoisotopic (exact) mass is 245 g/mol. The van der Waals surface area contributed by atoms with Crippen LogP contribution in [-0.2, 0) is 0 Å². The van der Waals surface area contributed by atoms with Gasteiger partial charge in [0.15, 0.2) is 5.69 Å². The Labute approximate surface area is 104 Å². The topological polar surface area (TPSA) is 39.2 Å². The number of pyridine rings is 1. The summed E-state index contributed by atoms with van der Waals surface area (Å²) in [7, 11) is 1.44. The van der Waals surface area contributed by atoms with Gasteiger partial charge < -0.3 is 4.74 Å². The zero-order chi connectivity index (χ0) is 13.1. The third-order valence-corrected chi connectivity index (χ3v) is 2.57. The molecule has 0 fully saturated rings. The van der Waals surface area contributed by atoms with Gasteiger partial charge in [-0.25, -0.2) is 9.37 Å². The van der Waals surface area contributed by atoms with Crippen LogP contribution >= 0.6 is 0 Å². The van der Waals surface area contributed by atoms with Gasteiger partial charge in [0.2, 0.25) is 5.78 Å². The second-order valence-electron chi connectivity index (χ2n) is 3.87. The highest BCUT2D eigenvalue weighted by atomic mass is 19.1. The molecule has 0 unspecified atom stereocenters. The molecule has 0 amide bonds. The van der Waals surface area contributed by atoms with Crippen LogP contribution < -0.4 is 4.74 Å². The SMILES string of the molecule is COc1cccnc1C(=O)c1ccc(C)cc1F. The maximum atomic E-state index is 13.7. The number of methoxy groups -OCH3 is 1. The van der Waals surface area contributed by atoms with Gasteiger partial charge in [-0.2, -0.15) is 0 Å². The maximum Gasteiger partial charge on any atom is 0.218 e. The highest BCUT2D eigenvalue weighted by molar-refractivity contribution is 6.09. The number of nitrogens with zero attached hydrogens (tertiary/aromatic N) is 1. The van der Waals surface area contributed by atoms with Gasteiger partial charge in [-0.15, -0.1) is 0 Å². The molecule has 0 radical (unpaired) electrons. The summed E-state index contributed by atoms with van der Waals surface area (Å²) in [5, 5.41) is 0. The molecule has 0 aliphatic rings. The second kappa shape index (κ2) is 4.96. The number of ketones is 1. The summed E-state index contributed by atoms with van der Waals surface area (Å²) in [5.41, 5.74) is 0.873. The molecule has 2 rings (SSSR count). The predicted molar refractivity (Wildman–Crippen MR) is 65.4 cm³/mol. The van der Waals surface area contributed by atoms with Crippen LogP contribution in [0.2, 0.25) is 0 Å². The van der Waals surface area contributed by atoms with Gasteiger partial charge in [0, 0.05) is 6.20 Å². The quantitative estimate of drug-likeness (QED) is 0.780. The second-order valence-corrected chi connectivity index (χ2v) is 3.87. The smallest absolute Gasteiger partial charge is 0.218 e. The van der Waals surface area contributed by atoms with Crippen LogP contribution in [0.1, 0.15) is 21.6 Å². The molecule has 0 N–H and O–H groups in total. The van der Waals surface area contributed by atoms with E-state index >= 15 is 0 Å². The Hall–Kier alpha value is -2.23. The van der Waals surface area contributed by atoms with Crippen molar-refractivity contribution in [3.8, 4) is 5.75 Å². The number of carbonyl (C=O) groups is 1. The summed E-state index contributed by atoms with van der Waals surface area (Å²) in [6.45, 7) is 1.76. The van der Waals surface area contributed by atoms with Crippen molar-refractivity contribution in [3.63, 3.8) is 0 Å². The highest BCUT2D eigenvalue weighted by Crippen LogP contribution is 2.20. The average molecular weight is 245 g/mol. The molecule has 0 atom stereocenters. The van der Waals surface area contributed by atoms with Crippen molar-refractivity contribution >= 4 is 5.78 Å². The molecule has 18 heavy (non-hydrogen) atoms. The Kier molecular flexibility index (Phi) is 3.37. The zero-order valence-corrected chi connectivity index (χ0v) is 10.1. The van der Waals surface area contributed by atoms with Crippen LogP contribution in [0.4, 0.5) is 4.39 Å². The molecule has 92 valence electrons. The van der Waals surface area contributed by atoms with E-state index in [-0.39, 0.29) is 11.3 Å². The molecule has 0 bridgehead atoms. The Bertz CT molecular complexity index is 596. The van der Waals surface area contributed by atoms with Gasteiger partial charge in [0.25, 0.3) is 0 Å². The minimum absolute atomic E-state index is 0.00222. The van der Waals surface area contributed by atoms with E-state index in [0.717, 1.165) is 5.56 Å².